The van der Waals surface area contributed by atoms with Crippen molar-refractivity contribution in [2.24, 2.45) is 7.05 Å². The number of carbonyl (C=O) groups is 1. The normalized spacial score (nSPS) is 13.8. The van der Waals surface area contributed by atoms with Gasteiger partial charge in [-0.2, -0.15) is 5.10 Å². The Labute approximate surface area is 151 Å². The van der Waals surface area contributed by atoms with Crippen LogP contribution >= 0.6 is 0 Å². The number of anilines is 1. The Balaban J connectivity index is 1.33. The maximum atomic E-state index is 12.2. The molecule has 2 aromatic heterocycles. The highest BCUT2D eigenvalue weighted by Crippen LogP contribution is 2.39. The van der Waals surface area contributed by atoms with Gasteiger partial charge in [-0.25, -0.2) is 4.79 Å². The van der Waals surface area contributed by atoms with E-state index in [-0.39, 0.29) is 6.03 Å². The number of carbonyl (C=O) groups excluding carboxylic acids is 1. The number of fused-ring (bicyclic) bond motifs is 1. The van der Waals surface area contributed by atoms with Gasteiger partial charge >= 0.3 is 6.03 Å². The first-order valence-corrected chi connectivity index (χ1v) is 8.87. The Bertz CT molecular complexity index is 939. The Kier molecular flexibility index (Phi) is 4.28. The molecule has 2 heterocycles. The number of amides is 2. The number of nitrogens with zero attached hydrogens (tertiary/aromatic N) is 2. The zero-order valence-corrected chi connectivity index (χ0v) is 15.0. The largest absolute Gasteiger partial charge is 0.497 e. The monoisotopic (exact) mass is 353 g/mol. The van der Waals surface area contributed by atoms with E-state index in [1.54, 1.807) is 11.8 Å². The third kappa shape index (κ3) is 3.37. The van der Waals surface area contributed by atoms with Crippen LogP contribution in [0.5, 0.6) is 5.75 Å². The fraction of sp³-hybridized carbons (Fsp3) is 0.368. The lowest BCUT2D eigenvalue weighted by Crippen LogP contribution is -2.31. The van der Waals surface area contributed by atoms with Gasteiger partial charge in [0.25, 0.3) is 0 Å². The minimum absolute atomic E-state index is 0.215. The number of hydrogen-bond donors (Lipinski definition) is 3. The second kappa shape index (κ2) is 6.74. The van der Waals surface area contributed by atoms with Gasteiger partial charge < -0.3 is 15.0 Å². The van der Waals surface area contributed by atoms with Crippen molar-refractivity contribution in [3.63, 3.8) is 0 Å². The third-order valence-corrected chi connectivity index (χ3v) is 4.79. The number of methoxy groups -OCH3 is 1. The Morgan fingerprint density at radius 3 is 3.00 bits per heavy atom. The number of nitrogens with one attached hydrogen (secondary N) is 3. The summed E-state index contributed by atoms with van der Waals surface area (Å²) in [5.74, 6) is 2.12. The molecule has 0 spiro atoms. The fourth-order valence-electron chi connectivity index (χ4n) is 3.15. The van der Waals surface area contributed by atoms with Gasteiger partial charge in [-0.05, 0) is 43.0 Å². The first kappa shape index (κ1) is 16.5. The molecule has 0 aliphatic heterocycles. The number of aryl methyl sites for hydroxylation is 1. The Morgan fingerprint density at radius 2 is 2.23 bits per heavy atom. The summed E-state index contributed by atoms with van der Waals surface area (Å²) < 4.78 is 7.01. The number of aromatic nitrogens is 3. The SMILES string of the molecule is COc1ccc2[nH]cc(CCNC(=O)Nc3cc(C4CC4)nn3C)c2c1. The number of aromatic amines is 1. The van der Waals surface area contributed by atoms with Crippen LogP contribution in [0.2, 0.25) is 0 Å². The summed E-state index contributed by atoms with van der Waals surface area (Å²) in [7, 11) is 3.51. The van der Waals surface area contributed by atoms with Crippen LogP contribution in [0.3, 0.4) is 0 Å². The molecule has 1 aliphatic carbocycles. The highest BCUT2D eigenvalue weighted by Gasteiger charge is 2.27. The smallest absolute Gasteiger partial charge is 0.320 e. The van der Waals surface area contributed by atoms with Gasteiger partial charge in [0.05, 0.1) is 12.8 Å². The fourth-order valence-corrected chi connectivity index (χ4v) is 3.15. The molecule has 0 saturated heterocycles. The van der Waals surface area contributed by atoms with E-state index >= 15 is 0 Å². The molecule has 0 radical (unpaired) electrons. The molecule has 4 rings (SSSR count). The van der Waals surface area contributed by atoms with Crippen LogP contribution < -0.4 is 15.4 Å². The van der Waals surface area contributed by atoms with Crippen LogP contribution in [0.15, 0.2) is 30.5 Å². The number of ether oxygens (including phenoxy) is 1. The Morgan fingerprint density at radius 1 is 1.38 bits per heavy atom. The molecule has 0 atom stereocenters. The highest BCUT2D eigenvalue weighted by molar-refractivity contribution is 5.88. The molecule has 3 aromatic rings. The lowest BCUT2D eigenvalue weighted by atomic mass is 10.1. The lowest BCUT2D eigenvalue weighted by Gasteiger charge is -2.07. The number of urea groups is 1. The number of rotatable bonds is 6. The molecule has 2 amide bonds. The minimum atomic E-state index is -0.215. The molecule has 1 fully saturated rings. The summed E-state index contributed by atoms with van der Waals surface area (Å²) >= 11 is 0. The maximum absolute atomic E-state index is 12.2. The predicted octanol–water partition coefficient (Wildman–Crippen LogP) is 3.15. The molecule has 7 heteroatoms. The Hall–Kier alpha value is -2.96. The van der Waals surface area contributed by atoms with Gasteiger partial charge in [-0.3, -0.25) is 10.00 Å². The van der Waals surface area contributed by atoms with Crippen molar-refractivity contribution < 1.29 is 9.53 Å². The second-order valence-electron chi connectivity index (χ2n) is 6.71. The van der Waals surface area contributed by atoms with E-state index in [0.717, 1.165) is 40.1 Å². The summed E-state index contributed by atoms with van der Waals surface area (Å²) in [6.07, 6.45) is 5.10. The average Bonchev–Trinajstić information content (AvgIpc) is 3.33. The van der Waals surface area contributed by atoms with E-state index in [1.165, 1.54) is 12.8 Å². The first-order chi connectivity index (χ1) is 12.6. The van der Waals surface area contributed by atoms with Crippen molar-refractivity contribution >= 4 is 22.8 Å². The standard InChI is InChI=1S/C19H23N5O2/c1-24-18(10-17(23-24)12-3-4-12)22-19(25)20-8-7-13-11-21-16-6-5-14(26-2)9-15(13)16/h5-6,9-12,21H,3-4,7-8H2,1-2H3,(H2,20,22,25). The second-order valence-corrected chi connectivity index (χ2v) is 6.71. The van der Waals surface area contributed by atoms with Crippen LogP contribution in [0.25, 0.3) is 10.9 Å². The molecule has 26 heavy (non-hydrogen) atoms. The van der Waals surface area contributed by atoms with Gasteiger partial charge in [0.1, 0.15) is 11.6 Å². The third-order valence-electron chi connectivity index (χ3n) is 4.79. The van der Waals surface area contributed by atoms with E-state index in [0.29, 0.717) is 12.5 Å². The van der Waals surface area contributed by atoms with Gasteiger partial charge in [0.15, 0.2) is 0 Å². The molecule has 0 bridgehead atoms. The summed E-state index contributed by atoms with van der Waals surface area (Å²) in [5, 5.41) is 11.4. The molecule has 1 saturated carbocycles. The number of hydrogen-bond acceptors (Lipinski definition) is 3. The van der Waals surface area contributed by atoms with E-state index in [9.17, 15) is 4.79 Å². The van der Waals surface area contributed by atoms with E-state index in [2.05, 4.69) is 20.7 Å². The van der Waals surface area contributed by atoms with Crippen LogP contribution in [0.4, 0.5) is 10.6 Å². The van der Waals surface area contributed by atoms with Crippen molar-refractivity contribution in [2.75, 3.05) is 19.0 Å². The summed E-state index contributed by atoms with van der Waals surface area (Å²) in [6, 6.07) is 7.68. The van der Waals surface area contributed by atoms with Gasteiger partial charge in [-0.15, -0.1) is 0 Å². The van der Waals surface area contributed by atoms with Crippen molar-refractivity contribution in [2.45, 2.75) is 25.2 Å². The molecule has 1 aromatic carbocycles. The van der Waals surface area contributed by atoms with E-state index in [4.69, 9.17) is 4.74 Å². The summed E-state index contributed by atoms with van der Waals surface area (Å²) in [6.45, 7) is 0.545. The van der Waals surface area contributed by atoms with Crippen molar-refractivity contribution in [1.82, 2.24) is 20.1 Å². The molecular weight excluding hydrogens is 330 g/mol. The van der Waals surface area contributed by atoms with Crippen molar-refractivity contribution in [3.05, 3.63) is 41.7 Å². The molecule has 1 aliphatic rings. The van der Waals surface area contributed by atoms with Gasteiger partial charge in [0, 0.05) is 42.7 Å². The highest BCUT2D eigenvalue weighted by atomic mass is 16.5. The van der Waals surface area contributed by atoms with Crippen molar-refractivity contribution in [1.29, 1.82) is 0 Å². The predicted molar refractivity (Wildman–Crippen MR) is 101 cm³/mol. The zero-order valence-electron chi connectivity index (χ0n) is 15.0. The molecule has 0 unspecified atom stereocenters. The van der Waals surface area contributed by atoms with Crippen molar-refractivity contribution in [3.8, 4) is 5.75 Å². The molecule has 7 nitrogen and oxygen atoms in total. The topological polar surface area (TPSA) is 84.0 Å². The quantitative estimate of drug-likeness (QED) is 0.636. The zero-order chi connectivity index (χ0) is 18.1. The average molecular weight is 353 g/mol. The maximum Gasteiger partial charge on any atom is 0.320 e. The van der Waals surface area contributed by atoms with E-state index in [1.807, 2.05) is 37.5 Å². The van der Waals surface area contributed by atoms with Gasteiger partial charge in [-0.1, -0.05) is 0 Å². The number of H-pyrrole nitrogens is 1. The van der Waals surface area contributed by atoms with Crippen LogP contribution in [0.1, 0.15) is 30.0 Å². The summed E-state index contributed by atoms with van der Waals surface area (Å²) in [5.41, 5.74) is 3.28. The molecule has 136 valence electrons. The van der Waals surface area contributed by atoms with Crippen LogP contribution in [-0.4, -0.2) is 34.5 Å². The molecular formula is C19H23N5O2. The van der Waals surface area contributed by atoms with Crippen LogP contribution in [0, 0.1) is 0 Å². The van der Waals surface area contributed by atoms with Gasteiger partial charge in [0.2, 0.25) is 0 Å². The lowest BCUT2D eigenvalue weighted by molar-refractivity contribution is 0.252. The van der Waals surface area contributed by atoms with Crippen LogP contribution in [-0.2, 0) is 13.5 Å². The first-order valence-electron chi connectivity index (χ1n) is 8.87. The summed E-state index contributed by atoms with van der Waals surface area (Å²) in [4.78, 5) is 15.4. The molecule has 3 N–H and O–H groups in total. The number of benzene rings is 1. The van der Waals surface area contributed by atoms with E-state index < -0.39 is 0 Å². The minimum Gasteiger partial charge on any atom is -0.497 e.